The molecule has 7 nitrogen and oxygen atoms in total. The Morgan fingerprint density at radius 2 is 1.97 bits per heavy atom. The van der Waals surface area contributed by atoms with Gasteiger partial charge in [0, 0.05) is 17.1 Å². The number of carbonyl (C=O) groups is 1. The molecule has 1 amide bonds. The number of hydrogen-bond acceptors (Lipinski definition) is 5. The first-order valence-corrected chi connectivity index (χ1v) is 12.0. The van der Waals surface area contributed by atoms with Gasteiger partial charge in [0.05, 0.1) is 23.2 Å². The number of ether oxygens (including phenoxy) is 3. The van der Waals surface area contributed by atoms with Gasteiger partial charge in [0.2, 0.25) is 0 Å². The number of fused-ring (bicyclic) bond motifs is 1. The van der Waals surface area contributed by atoms with Crippen molar-refractivity contribution in [1.82, 2.24) is 15.1 Å². The van der Waals surface area contributed by atoms with Crippen LogP contribution in [-0.4, -0.2) is 40.2 Å². The average Bonchev–Trinajstić information content (AvgIpc) is 3.12. The predicted octanol–water partition coefficient (Wildman–Crippen LogP) is 5.71. The van der Waals surface area contributed by atoms with Gasteiger partial charge in [-0.15, -0.1) is 0 Å². The van der Waals surface area contributed by atoms with Gasteiger partial charge in [-0.3, -0.25) is 0 Å². The maximum absolute atomic E-state index is 12.0. The molecule has 2 aromatic rings. The van der Waals surface area contributed by atoms with Crippen molar-refractivity contribution in [3.05, 3.63) is 22.8 Å². The predicted molar refractivity (Wildman–Crippen MR) is 122 cm³/mol. The summed E-state index contributed by atoms with van der Waals surface area (Å²) in [6.45, 7) is 6.40. The third-order valence-corrected chi connectivity index (χ3v) is 6.22. The highest BCUT2D eigenvalue weighted by Crippen LogP contribution is 2.35. The van der Waals surface area contributed by atoms with Gasteiger partial charge >= 0.3 is 6.09 Å². The SMILES string of the molecule is CC(C)(C)OC(=O)N[C@H]1CC[C@H](Oc2cc(Br)cc3c2cnn3C2CCCCO2)CC1. The topological polar surface area (TPSA) is 74.6 Å². The number of benzene rings is 1. The van der Waals surface area contributed by atoms with E-state index < -0.39 is 5.60 Å². The lowest BCUT2D eigenvalue weighted by molar-refractivity contribution is -0.0366. The molecule has 170 valence electrons. The largest absolute Gasteiger partial charge is 0.490 e. The van der Waals surface area contributed by atoms with Gasteiger partial charge in [-0.05, 0) is 77.8 Å². The van der Waals surface area contributed by atoms with Gasteiger partial charge < -0.3 is 19.5 Å². The van der Waals surface area contributed by atoms with Crippen LogP contribution in [-0.2, 0) is 9.47 Å². The van der Waals surface area contributed by atoms with Crippen molar-refractivity contribution in [3.8, 4) is 5.75 Å². The smallest absolute Gasteiger partial charge is 0.407 e. The fourth-order valence-electron chi connectivity index (χ4n) is 4.30. The lowest BCUT2D eigenvalue weighted by Gasteiger charge is -2.30. The number of amides is 1. The molecule has 8 heteroatoms. The molecule has 1 aromatic carbocycles. The van der Waals surface area contributed by atoms with E-state index >= 15 is 0 Å². The molecule has 1 unspecified atom stereocenters. The monoisotopic (exact) mass is 493 g/mol. The van der Waals surface area contributed by atoms with Crippen LogP contribution in [0.4, 0.5) is 4.79 Å². The molecule has 1 aliphatic carbocycles. The van der Waals surface area contributed by atoms with Gasteiger partial charge in [0.25, 0.3) is 0 Å². The van der Waals surface area contributed by atoms with E-state index in [9.17, 15) is 4.79 Å². The summed E-state index contributed by atoms with van der Waals surface area (Å²) in [5, 5.41) is 8.61. The fraction of sp³-hybridized carbons (Fsp3) is 0.652. The Morgan fingerprint density at radius 3 is 2.65 bits per heavy atom. The van der Waals surface area contributed by atoms with Crippen LogP contribution in [0.1, 0.15) is 71.9 Å². The van der Waals surface area contributed by atoms with Crippen molar-refractivity contribution >= 4 is 32.9 Å². The minimum atomic E-state index is -0.483. The molecule has 4 rings (SSSR count). The van der Waals surface area contributed by atoms with Crippen LogP contribution in [0.3, 0.4) is 0 Å². The van der Waals surface area contributed by atoms with Crippen molar-refractivity contribution in [2.45, 2.75) is 89.7 Å². The first kappa shape index (κ1) is 22.4. The zero-order valence-electron chi connectivity index (χ0n) is 18.5. The second-order valence-electron chi connectivity index (χ2n) is 9.48. The number of aromatic nitrogens is 2. The normalized spacial score (nSPS) is 24.7. The lowest BCUT2D eigenvalue weighted by Crippen LogP contribution is -2.42. The van der Waals surface area contributed by atoms with Crippen molar-refractivity contribution in [2.24, 2.45) is 0 Å². The summed E-state index contributed by atoms with van der Waals surface area (Å²) < 4.78 is 20.7. The lowest BCUT2D eigenvalue weighted by atomic mass is 9.93. The third kappa shape index (κ3) is 5.71. The van der Waals surface area contributed by atoms with Gasteiger partial charge in [0.1, 0.15) is 11.4 Å². The Hall–Kier alpha value is -1.80. The van der Waals surface area contributed by atoms with E-state index in [0.717, 1.165) is 72.7 Å². The van der Waals surface area contributed by atoms with E-state index in [4.69, 9.17) is 14.2 Å². The molecule has 1 atom stereocenters. The molecule has 31 heavy (non-hydrogen) atoms. The highest BCUT2D eigenvalue weighted by molar-refractivity contribution is 9.10. The first-order chi connectivity index (χ1) is 14.8. The summed E-state index contributed by atoms with van der Waals surface area (Å²) in [4.78, 5) is 12.0. The standard InChI is InChI=1S/C23H32BrN3O4/c1-23(2,3)31-22(28)26-16-7-9-17(10-8-16)30-20-13-15(24)12-19-18(20)14-25-27(19)21-6-4-5-11-29-21/h12-14,16-17,21H,4-11H2,1-3H3,(H,26,28)/t16-,17-,21?. The molecule has 2 fully saturated rings. The Labute approximate surface area is 191 Å². The average molecular weight is 494 g/mol. The molecular weight excluding hydrogens is 462 g/mol. The van der Waals surface area contributed by atoms with Gasteiger partial charge in [-0.2, -0.15) is 5.10 Å². The number of nitrogens with one attached hydrogen (secondary N) is 1. The van der Waals surface area contributed by atoms with E-state index in [1.165, 1.54) is 0 Å². The minimum absolute atomic E-state index is 0.0113. The first-order valence-electron chi connectivity index (χ1n) is 11.2. The van der Waals surface area contributed by atoms with Gasteiger partial charge in [-0.25, -0.2) is 9.48 Å². The summed E-state index contributed by atoms with van der Waals surface area (Å²) in [7, 11) is 0. The summed E-state index contributed by atoms with van der Waals surface area (Å²) >= 11 is 3.63. The van der Waals surface area contributed by atoms with E-state index in [0.29, 0.717) is 0 Å². The second-order valence-corrected chi connectivity index (χ2v) is 10.4. The fourth-order valence-corrected chi connectivity index (χ4v) is 4.73. The summed E-state index contributed by atoms with van der Waals surface area (Å²) in [6.07, 6.45) is 8.39. The van der Waals surface area contributed by atoms with Crippen molar-refractivity contribution < 1.29 is 19.0 Å². The van der Waals surface area contributed by atoms with Crippen LogP contribution < -0.4 is 10.1 Å². The van der Waals surface area contributed by atoms with Crippen LogP contribution >= 0.6 is 15.9 Å². The molecule has 0 spiro atoms. The molecule has 1 N–H and O–H groups in total. The van der Waals surface area contributed by atoms with Gasteiger partial charge in [-0.1, -0.05) is 15.9 Å². The quantitative estimate of drug-likeness (QED) is 0.589. The summed E-state index contributed by atoms with van der Waals surface area (Å²) in [6, 6.07) is 4.22. The van der Waals surface area contributed by atoms with E-state index in [-0.39, 0.29) is 24.5 Å². The summed E-state index contributed by atoms with van der Waals surface area (Å²) in [5.41, 5.74) is 0.542. The Bertz CT molecular complexity index is 909. The number of carbonyl (C=O) groups excluding carboxylic acids is 1. The van der Waals surface area contributed by atoms with Crippen molar-refractivity contribution in [1.29, 1.82) is 0 Å². The van der Waals surface area contributed by atoms with Crippen molar-refractivity contribution in [3.63, 3.8) is 0 Å². The Balaban J connectivity index is 1.39. The highest BCUT2D eigenvalue weighted by atomic mass is 79.9. The number of nitrogens with zero attached hydrogens (tertiary/aromatic N) is 2. The van der Waals surface area contributed by atoms with Crippen LogP contribution in [0.5, 0.6) is 5.75 Å². The molecule has 0 bridgehead atoms. The molecule has 2 aliphatic rings. The highest BCUT2D eigenvalue weighted by Gasteiger charge is 2.27. The second kappa shape index (κ2) is 9.36. The zero-order valence-corrected chi connectivity index (χ0v) is 20.1. The molecule has 2 heterocycles. The Kier molecular flexibility index (Phi) is 6.77. The molecule has 0 radical (unpaired) electrons. The number of rotatable bonds is 4. The maximum atomic E-state index is 12.0. The summed E-state index contributed by atoms with van der Waals surface area (Å²) in [5.74, 6) is 0.843. The van der Waals surface area contributed by atoms with Crippen LogP contribution in [0, 0.1) is 0 Å². The molecule has 1 aliphatic heterocycles. The minimum Gasteiger partial charge on any atom is -0.490 e. The molecule has 1 saturated heterocycles. The molecule has 1 saturated carbocycles. The van der Waals surface area contributed by atoms with Crippen LogP contribution in [0.2, 0.25) is 0 Å². The van der Waals surface area contributed by atoms with Crippen LogP contribution in [0.15, 0.2) is 22.8 Å². The maximum Gasteiger partial charge on any atom is 0.407 e. The number of alkyl carbamates (subject to hydrolysis) is 1. The van der Waals surface area contributed by atoms with E-state index in [2.05, 4.69) is 32.4 Å². The van der Waals surface area contributed by atoms with E-state index in [1.807, 2.05) is 37.7 Å². The zero-order chi connectivity index (χ0) is 22.0. The molecule has 1 aromatic heterocycles. The van der Waals surface area contributed by atoms with Gasteiger partial charge in [0.15, 0.2) is 6.23 Å². The third-order valence-electron chi connectivity index (χ3n) is 5.76. The van der Waals surface area contributed by atoms with Crippen molar-refractivity contribution in [2.75, 3.05) is 6.61 Å². The number of hydrogen-bond donors (Lipinski definition) is 1. The number of halogens is 1. The van der Waals surface area contributed by atoms with E-state index in [1.54, 1.807) is 0 Å². The molecular formula is C23H32BrN3O4. The van der Waals surface area contributed by atoms with Crippen LogP contribution in [0.25, 0.3) is 10.9 Å². The Morgan fingerprint density at radius 1 is 1.19 bits per heavy atom.